The molecule has 0 bridgehead atoms. The molecule has 128 valence electrons. The molecule has 3 aromatic rings. The van der Waals surface area contributed by atoms with E-state index < -0.39 is 0 Å². The number of hydrogen-bond acceptors (Lipinski definition) is 6. The van der Waals surface area contributed by atoms with E-state index in [2.05, 4.69) is 30.3 Å². The molecule has 1 atom stereocenters. The first-order valence-corrected chi connectivity index (χ1v) is 8.34. The van der Waals surface area contributed by atoms with Crippen molar-refractivity contribution in [3.05, 3.63) is 48.2 Å². The fraction of sp³-hybridized carbons (Fsp3) is 0.353. The minimum atomic E-state index is -0.178. The van der Waals surface area contributed by atoms with E-state index in [0.29, 0.717) is 11.2 Å². The van der Waals surface area contributed by atoms with Gasteiger partial charge in [0.15, 0.2) is 5.65 Å². The van der Waals surface area contributed by atoms with Crippen LogP contribution in [0.2, 0.25) is 0 Å². The number of nitrogens with one attached hydrogen (secondary N) is 1. The molecule has 1 saturated heterocycles. The van der Waals surface area contributed by atoms with E-state index in [4.69, 9.17) is 0 Å². The van der Waals surface area contributed by atoms with Crippen molar-refractivity contribution in [3.8, 4) is 0 Å². The molecule has 0 aromatic carbocycles. The highest BCUT2D eigenvalue weighted by molar-refractivity contribution is 5.99. The number of carbonyl (C=O) groups excluding carboxylic acids is 1. The van der Waals surface area contributed by atoms with Crippen LogP contribution >= 0.6 is 0 Å². The van der Waals surface area contributed by atoms with E-state index in [9.17, 15) is 4.79 Å². The number of piperidine rings is 1. The Morgan fingerprint density at radius 3 is 2.88 bits per heavy atom. The standard InChI is InChI=1S/C17H19N7O/c1-18-16(25)13-10-22-24-14(5-8-19-15(13)24)12-4-2-9-23(11-12)17-20-6-3-7-21-17/h3,5-8,10,12H,2,4,9,11H2,1H3,(H,18,25)/t12-/m1/s1. The fourth-order valence-corrected chi connectivity index (χ4v) is 3.37. The maximum atomic E-state index is 12.0. The van der Waals surface area contributed by atoms with Crippen molar-refractivity contribution in [2.75, 3.05) is 25.0 Å². The molecule has 8 nitrogen and oxygen atoms in total. The Morgan fingerprint density at radius 2 is 2.08 bits per heavy atom. The number of aromatic nitrogens is 5. The van der Waals surface area contributed by atoms with Gasteiger partial charge in [0, 0.05) is 44.6 Å². The number of carbonyl (C=O) groups is 1. The van der Waals surface area contributed by atoms with Crippen LogP contribution in [0.4, 0.5) is 5.95 Å². The number of amides is 1. The Morgan fingerprint density at radius 1 is 1.24 bits per heavy atom. The van der Waals surface area contributed by atoms with Gasteiger partial charge in [-0.25, -0.2) is 19.5 Å². The summed E-state index contributed by atoms with van der Waals surface area (Å²) in [6.07, 6.45) is 8.95. The third-order valence-electron chi connectivity index (χ3n) is 4.58. The van der Waals surface area contributed by atoms with Crippen LogP contribution in [0, 0.1) is 0 Å². The van der Waals surface area contributed by atoms with Crippen molar-refractivity contribution < 1.29 is 4.79 Å². The molecule has 0 spiro atoms. The van der Waals surface area contributed by atoms with E-state index in [1.54, 1.807) is 36.4 Å². The second-order valence-corrected chi connectivity index (χ2v) is 6.08. The zero-order chi connectivity index (χ0) is 17.2. The van der Waals surface area contributed by atoms with Crippen LogP contribution in [0.5, 0.6) is 0 Å². The molecule has 3 aromatic heterocycles. The van der Waals surface area contributed by atoms with Gasteiger partial charge in [-0.2, -0.15) is 5.10 Å². The van der Waals surface area contributed by atoms with Crippen LogP contribution in [0.1, 0.15) is 34.8 Å². The van der Waals surface area contributed by atoms with E-state index in [1.165, 1.54) is 0 Å². The van der Waals surface area contributed by atoms with Crippen LogP contribution in [0.25, 0.3) is 5.65 Å². The molecular weight excluding hydrogens is 318 g/mol. The van der Waals surface area contributed by atoms with Gasteiger partial charge in [-0.3, -0.25) is 4.79 Å². The van der Waals surface area contributed by atoms with Crippen molar-refractivity contribution in [2.24, 2.45) is 0 Å². The Kier molecular flexibility index (Phi) is 4.01. The van der Waals surface area contributed by atoms with Crippen molar-refractivity contribution in [3.63, 3.8) is 0 Å². The lowest BCUT2D eigenvalue weighted by Crippen LogP contribution is -2.36. The highest BCUT2D eigenvalue weighted by Gasteiger charge is 2.26. The molecule has 0 saturated carbocycles. The topological polar surface area (TPSA) is 88.3 Å². The largest absolute Gasteiger partial charge is 0.355 e. The van der Waals surface area contributed by atoms with Gasteiger partial charge in [-0.05, 0) is 25.0 Å². The summed E-state index contributed by atoms with van der Waals surface area (Å²) in [5.74, 6) is 0.854. The third-order valence-corrected chi connectivity index (χ3v) is 4.58. The summed E-state index contributed by atoms with van der Waals surface area (Å²) in [6.45, 7) is 1.76. The Hall–Kier alpha value is -3.03. The first-order chi connectivity index (χ1) is 12.3. The molecule has 4 heterocycles. The molecule has 1 aliphatic rings. The molecule has 1 N–H and O–H groups in total. The van der Waals surface area contributed by atoms with Crippen LogP contribution in [0.15, 0.2) is 36.9 Å². The molecule has 0 aliphatic carbocycles. The quantitative estimate of drug-likeness (QED) is 0.774. The van der Waals surface area contributed by atoms with Crippen molar-refractivity contribution >= 4 is 17.5 Å². The third kappa shape index (κ3) is 2.79. The van der Waals surface area contributed by atoms with Gasteiger partial charge in [-0.15, -0.1) is 0 Å². The Balaban J connectivity index is 1.67. The van der Waals surface area contributed by atoms with Crippen LogP contribution in [0.3, 0.4) is 0 Å². The van der Waals surface area contributed by atoms with E-state index >= 15 is 0 Å². The molecule has 0 radical (unpaired) electrons. The fourth-order valence-electron chi connectivity index (χ4n) is 3.37. The Labute approximate surface area is 144 Å². The van der Waals surface area contributed by atoms with Gasteiger partial charge in [0.25, 0.3) is 5.91 Å². The first-order valence-electron chi connectivity index (χ1n) is 8.34. The van der Waals surface area contributed by atoms with Crippen molar-refractivity contribution in [2.45, 2.75) is 18.8 Å². The van der Waals surface area contributed by atoms with Gasteiger partial charge < -0.3 is 10.2 Å². The molecule has 25 heavy (non-hydrogen) atoms. The summed E-state index contributed by atoms with van der Waals surface area (Å²) in [5, 5.41) is 7.03. The van der Waals surface area contributed by atoms with Crippen molar-refractivity contribution in [1.29, 1.82) is 0 Å². The lowest BCUT2D eigenvalue weighted by molar-refractivity contribution is 0.0964. The lowest BCUT2D eigenvalue weighted by atomic mass is 9.94. The average Bonchev–Trinajstić information content (AvgIpc) is 3.12. The molecule has 8 heteroatoms. The number of nitrogens with zero attached hydrogens (tertiary/aromatic N) is 6. The van der Waals surface area contributed by atoms with Gasteiger partial charge in [0.05, 0.1) is 11.9 Å². The summed E-state index contributed by atoms with van der Waals surface area (Å²) in [4.78, 5) is 27.2. The predicted octanol–water partition coefficient (Wildman–Crippen LogP) is 1.26. The highest BCUT2D eigenvalue weighted by atomic mass is 16.1. The van der Waals surface area contributed by atoms with Gasteiger partial charge in [0.1, 0.15) is 5.56 Å². The van der Waals surface area contributed by atoms with E-state index in [0.717, 1.165) is 37.6 Å². The highest BCUT2D eigenvalue weighted by Crippen LogP contribution is 2.28. The molecular formula is C17H19N7O. The lowest BCUT2D eigenvalue weighted by Gasteiger charge is -2.32. The van der Waals surface area contributed by atoms with Crippen LogP contribution in [-0.2, 0) is 0 Å². The molecule has 1 aliphatic heterocycles. The van der Waals surface area contributed by atoms with E-state index in [-0.39, 0.29) is 11.8 Å². The maximum Gasteiger partial charge on any atom is 0.256 e. The molecule has 1 fully saturated rings. The summed E-state index contributed by atoms with van der Waals surface area (Å²) in [6, 6.07) is 3.80. The number of rotatable bonds is 3. The van der Waals surface area contributed by atoms with Gasteiger partial charge >= 0.3 is 0 Å². The predicted molar refractivity (Wildman–Crippen MR) is 92.6 cm³/mol. The number of hydrogen-bond donors (Lipinski definition) is 1. The second kappa shape index (κ2) is 6.46. The summed E-state index contributed by atoms with van der Waals surface area (Å²) >= 11 is 0. The average molecular weight is 337 g/mol. The maximum absolute atomic E-state index is 12.0. The Bertz CT molecular complexity index is 892. The summed E-state index contributed by atoms with van der Waals surface area (Å²) in [5.41, 5.74) is 2.13. The zero-order valence-electron chi connectivity index (χ0n) is 14.0. The van der Waals surface area contributed by atoms with Crippen molar-refractivity contribution in [1.82, 2.24) is 29.9 Å². The van der Waals surface area contributed by atoms with Gasteiger partial charge in [0.2, 0.25) is 5.95 Å². The normalized spacial score (nSPS) is 17.6. The molecule has 1 amide bonds. The number of anilines is 1. The van der Waals surface area contributed by atoms with Crippen LogP contribution < -0.4 is 10.2 Å². The smallest absolute Gasteiger partial charge is 0.256 e. The summed E-state index contributed by atoms with van der Waals surface area (Å²) < 4.78 is 1.78. The SMILES string of the molecule is CNC(=O)c1cnn2c([C@@H]3CCCN(c4ncccn4)C3)ccnc12. The van der Waals surface area contributed by atoms with Gasteiger partial charge in [-0.1, -0.05) is 0 Å². The summed E-state index contributed by atoms with van der Waals surface area (Å²) in [7, 11) is 1.61. The monoisotopic (exact) mass is 337 g/mol. The molecule has 4 rings (SSSR count). The minimum Gasteiger partial charge on any atom is -0.355 e. The zero-order valence-corrected chi connectivity index (χ0v) is 14.0. The first kappa shape index (κ1) is 15.5. The van der Waals surface area contributed by atoms with Crippen LogP contribution in [-0.4, -0.2) is 50.6 Å². The number of fused-ring (bicyclic) bond motifs is 1. The second-order valence-electron chi connectivity index (χ2n) is 6.08. The minimum absolute atomic E-state index is 0.178. The van der Waals surface area contributed by atoms with E-state index in [1.807, 2.05) is 12.1 Å². The molecule has 0 unspecified atom stereocenters.